The molecule has 0 radical (unpaired) electrons. The summed E-state index contributed by atoms with van der Waals surface area (Å²) in [7, 11) is 0. The minimum absolute atomic E-state index is 0.141. The van der Waals surface area contributed by atoms with E-state index in [1.807, 2.05) is 0 Å². The minimum Gasteiger partial charge on any atom is -0.462 e. The van der Waals surface area contributed by atoms with Crippen LogP contribution in [0.3, 0.4) is 0 Å². The molecule has 2 aromatic heterocycles. The van der Waals surface area contributed by atoms with E-state index in [4.69, 9.17) is 4.74 Å². The Morgan fingerprint density at radius 3 is 2.74 bits per heavy atom. The number of rotatable bonds is 9. The predicted molar refractivity (Wildman–Crippen MR) is 119 cm³/mol. The van der Waals surface area contributed by atoms with Crippen molar-refractivity contribution in [1.29, 1.82) is 0 Å². The van der Waals surface area contributed by atoms with E-state index in [1.54, 1.807) is 23.3 Å². The van der Waals surface area contributed by atoms with E-state index in [1.165, 1.54) is 4.68 Å². The number of hydrogen-bond acceptors (Lipinski definition) is 7. The third kappa shape index (κ3) is 5.41. The summed E-state index contributed by atoms with van der Waals surface area (Å²) in [6, 6.07) is 0. The molecule has 3 heterocycles. The number of aromatic nitrogens is 4. The standard InChI is InChI=1S/C21H31N5O4S/c1-4-6-9-13-25(20-22-15(3)18(31-20)19(28)30-5-2)17(27)14-26-21(29)24-12-10-7-8-11-16(24)23-26/h4-14H2,1-3H3. The van der Waals surface area contributed by atoms with Gasteiger partial charge in [-0.15, -0.1) is 0 Å². The van der Waals surface area contributed by atoms with Crippen molar-refractivity contribution in [2.24, 2.45) is 0 Å². The SMILES string of the molecule is CCCCCN(C(=O)Cn1nc2n(c1=O)CCCCC2)c1nc(C)c(C(=O)OCC)s1. The number of esters is 1. The minimum atomic E-state index is -0.432. The third-order valence-corrected chi connectivity index (χ3v) is 6.49. The van der Waals surface area contributed by atoms with Crippen LogP contribution < -0.4 is 10.6 Å². The van der Waals surface area contributed by atoms with Gasteiger partial charge in [-0.05, 0) is 33.1 Å². The first-order valence-electron chi connectivity index (χ1n) is 11.1. The number of unbranched alkanes of at least 4 members (excludes halogenated alkanes) is 2. The maximum Gasteiger partial charge on any atom is 0.350 e. The van der Waals surface area contributed by atoms with Crippen molar-refractivity contribution < 1.29 is 14.3 Å². The molecule has 31 heavy (non-hydrogen) atoms. The number of ether oxygens (including phenoxy) is 1. The quantitative estimate of drug-likeness (QED) is 0.431. The summed E-state index contributed by atoms with van der Waals surface area (Å²) in [4.78, 5) is 44.6. The van der Waals surface area contributed by atoms with Gasteiger partial charge in [0.15, 0.2) is 5.13 Å². The van der Waals surface area contributed by atoms with Crippen LogP contribution in [0.5, 0.6) is 0 Å². The van der Waals surface area contributed by atoms with Crippen LogP contribution in [-0.2, 0) is 29.0 Å². The average molecular weight is 450 g/mol. The molecule has 0 atom stereocenters. The Morgan fingerprint density at radius 1 is 1.19 bits per heavy atom. The summed E-state index contributed by atoms with van der Waals surface area (Å²) in [6.07, 6.45) is 6.58. The molecule has 0 spiro atoms. The Balaban J connectivity index is 1.84. The number of carbonyl (C=O) groups excluding carboxylic acids is 2. The van der Waals surface area contributed by atoms with E-state index >= 15 is 0 Å². The first-order valence-corrected chi connectivity index (χ1v) is 11.9. The zero-order chi connectivity index (χ0) is 22.4. The van der Waals surface area contributed by atoms with Crippen molar-refractivity contribution >= 4 is 28.3 Å². The molecule has 0 aliphatic carbocycles. The smallest absolute Gasteiger partial charge is 0.350 e. The third-order valence-electron chi connectivity index (χ3n) is 5.33. The lowest BCUT2D eigenvalue weighted by molar-refractivity contribution is -0.119. The second-order valence-electron chi connectivity index (χ2n) is 7.70. The van der Waals surface area contributed by atoms with E-state index in [2.05, 4.69) is 17.0 Å². The molecular formula is C21H31N5O4S. The Morgan fingerprint density at radius 2 is 2.00 bits per heavy atom. The second kappa shape index (κ2) is 10.7. The number of thiazole rings is 1. The fourth-order valence-corrected chi connectivity index (χ4v) is 4.68. The van der Waals surface area contributed by atoms with Crippen molar-refractivity contribution in [1.82, 2.24) is 19.3 Å². The van der Waals surface area contributed by atoms with Gasteiger partial charge in [0.2, 0.25) is 0 Å². The van der Waals surface area contributed by atoms with Gasteiger partial charge in [-0.25, -0.2) is 19.3 Å². The zero-order valence-corrected chi connectivity index (χ0v) is 19.4. The molecule has 0 saturated carbocycles. The van der Waals surface area contributed by atoms with Gasteiger partial charge in [0.05, 0.1) is 12.3 Å². The van der Waals surface area contributed by atoms with Crippen LogP contribution in [0.2, 0.25) is 0 Å². The lowest BCUT2D eigenvalue weighted by atomic mass is 10.2. The van der Waals surface area contributed by atoms with Crippen LogP contribution in [0.25, 0.3) is 0 Å². The van der Waals surface area contributed by atoms with Crippen molar-refractivity contribution in [3.05, 3.63) is 26.9 Å². The lowest BCUT2D eigenvalue weighted by Crippen LogP contribution is -2.38. The van der Waals surface area contributed by atoms with Gasteiger partial charge >= 0.3 is 11.7 Å². The molecule has 2 aromatic rings. The number of carbonyl (C=O) groups is 2. The van der Waals surface area contributed by atoms with Crippen LogP contribution in [0, 0.1) is 6.92 Å². The Kier molecular flexibility index (Phi) is 8.00. The van der Waals surface area contributed by atoms with Crippen LogP contribution in [-0.4, -0.2) is 44.4 Å². The Labute approximate surface area is 186 Å². The summed E-state index contributed by atoms with van der Waals surface area (Å²) in [5.74, 6) is 0.0666. The molecule has 0 N–H and O–H groups in total. The zero-order valence-electron chi connectivity index (χ0n) is 18.6. The summed E-state index contributed by atoms with van der Waals surface area (Å²) < 4.78 is 8.05. The highest BCUT2D eigenvalue weighted by Crippen LogP contribution is 2.27. The van der Waals surface area contributed by atoms with Crippen LogP contribution in [0.15, 0.2) is 4.79 Å². The van der Waals surface area contributed by atoms with E-state index in [0.29, 0.717) is 28.8 Å². The number of anilines is 1. The molecule has 1 amide bonds. The molecule has 3 rings (SSSR count). The van der Waals surface area contributed by atoms with Gasteiger partial charge in [-0.1, -0.05) is 37.5 Å². The molecule has 1 aliphatic rings. The molecule has 10 heteroatoms. The maximum atomic E-state index is 13.2. The number of amides is 1. The van der Waals surface area contributed by atoms with Gasteiger partial charge in [0, 0.05) is 19.5 Å². The fourth-order valence-electron chi connectivity index (χ4n) is 3.67. The van der Waals surface area contributed by atoms with Crippen LogP contribution in [0.4, 0.5) is 5.13 Å². The number of fused-ring (bicyclic) bond motifs is 1. The first-order chi connectivity index (χ1) is 15.0. The molecular weight excluding hydrogens is 418 g/mol. The summed E-state index contributed by atoms with van der Waals surface area (Å²) in [5, 5.41) is 4.88. The largest absolute Gasteiger partial charge is 0.462 e. The summed E-state index contributed by atoms with van der Waals surface area (Å²) >= 11 is 1.15. The van der Waals surface area contributed by atoms with Gasteiger partial charge < -0.3 is 4.74 Å². The molecule has 0 bridgehead atoms. The fraction of sp³-hybridized carbons (Fsp3) is 0.667. The normalized spacial score (nSPS) is 13.5. The van der Waals surface area contributed by atoms with E-state index in [9.17, 15) is 14.4 Å². The summed E-state index contributed by atoms with van der Waals surface area (Å²) in [5.41, 5.74) is 0.305. The number of aryl methyl sites for hydroxylation is 2. The highest BCUT2D eigenvalue weighted by Gasteiger charge is 2.25. The van der Waals surface area contributed by atoms with E-state index in [0.717, 1.165) is 62.1 Å². The van der Waals surface area contributed by atoms with Crippen LogP contribution >= 0.6 is 11.3 Å². The average Bonchev–Trinajstić information content (AvgIpc) is 3.15. The van der Waals surface area contributed by atoms with E-state index < -0.39 is 5.97 Å². The van der Waals surface area contributed by atoms with Crippen molar-refractivity contribution in [2.45, 2.75) is 78.8 Å². The second-order valence-corrected chi connectivity index (χ2v) is 8.68. The molecule has 1 aliphatic heterocycles. The Hall–Kier alpha value is -2.49. The molecule has 0 saturated heterocycles. The van der Waals surface area contributed by atoms with Gasteiger partial charge in [-0.2, -0.15) is 5.10 Å². The van der Waals surface area contributed by atoms with Gasteiger partial charge in [-0.3, -0.25) is 14.3 Å². The number of hydrogen-bond donors (Lipinski definition) is 0. The molecule has 0 aromatic carbocycles. The Bertz CT molecular complexity index is 977. The maximum absolute atomic E-state index is 13.2. The van der Waals surface area contributed by atoms with Crippen LogP contribution in [0.1, 0.15) is 73.6 Å². The molecule has 170 valence electrons. The van der Waals surface area contributed by atoms with E-state index in [-0.39, 0.29) is 24.7 Å². The molecule has 0 fully saturated rings. The van der Waals surface area contributed by atoms with Gasteiger partial charge in [0.25, 0.3) is 5.91 Å². The monoisotopic (exact) mass is 449 g/mol. The molecule has 0 unspecified atom stereocenters. The van der Waals surface area contributed by atoms with Crippen molar-refractivity contribution in [2.75, 3.05) is 18.1 Å². The van der Waals surface area contributed by atoms with Gasteiger partial charge in [0.1, 0.15) is 17.2 Å². The highest BCUT2D eigenvalue weighted by atomic mass is 32.1. The summed E-state index contributed by atoms with van der Waals surface area (Å²) in [6.45, 7) is 6.84. The molecule has 9 nitrogen and oxygen atoms in total. The highest BCUT2D eigenvalue weighted by molar-refractivity contribution is 7.17. The number of nitrogens with zero attached hydrogens (tertiary/aromatic N) is 5. The predicted octanol–water partition coefficient (Wildman–Crippen LogP) is 2.94. The topological polar surface area (TPSA) is 99.3 Å². The lowest BCUT2D eigenvalue weighted by Gasteiger charge is -2.19. The van der Waals surface area contributed by atoms with Crippen molar-refractivity contribution in [3.8, 4) is 0 Å². The first kappa shape index (κ1) is 23.2. The van der Waals surface area contributed by atoms with Crippen molar-refractivity contribution in [3.63, 3.8) is 0 Å².